The van der Waals surface area contributed by atoms with Crippen LogP contribution in [0, 0.1) is 13.8 Å². The lowest BCUT2D eigenvalue weighted by atomic mass is 10.1. The van der Waals surface area contributed by atoms with E-state index in [2.05, 4.69) is 5.32 Å². The summed E-state index contributed by atoms with van der Waals surface area (Å²) in [5, 5.41) is 3.44. The van der Waals surface area contributed by atoms with Gasteiger partial charge in [0, 0.05) is 23.3 Å². The lowest BCUT2D eigenvalue weighted by molar-refractivity contribution is 0.102. The van der Waals surface area contributed by atoms with Crippen LogP contribution in [0.5, 0.6) is 0 Å². The van der Waals surface area contributed by atoms with E-state index in [1.165, 1.54) is 11.4 Å². The summed E-state index contributed by atoms with van der Waals surface area (Å²) >= 11 is 5.91. The minimum atomic E-state index is -3.35. The molecule has 2 aromatic carbocycles. The summed E-state index contributed by atoms with van der Waals surface area (Å²) in [6.07, 6.45) is 1.14. The van der Waals surface area contributed by atoms with Crippen molar-refractivity contribution in [3.63, 3.8) is 0 Å². The normalized spacial score (nSPS) is 11.2. The fourth-order valence-corrected chi connectivity index (χ4v) is 3.08. The number of sulfonamides is 1. The molecule has 0 aromatic heterocycles. The molecule has 5 nitrogen and oxygen atoms in total. The van der Waals surface area contributed by atoms with Gasteiger partial charge in [0.2, 0.25) is 10.0 Å². The Labute approximate surface area is 147 Å². The lowest BCUT2D eigenvalue weighted by Gasteiger charge is -2.19. The van der Waals surface area contributed by atoms with Gasteiger partial charge in [-0.05, 0) is 61.4 Å². The van der Waals surface area contributed by atoms with Gasteiger partial charge >= 0.3 is 0 Å². The van der Waals surface area contributed by atoms with E-state index in [-0.39, 0.29) is 5.91 Å². The van der Waals surface area contributed by atoms with Gasteiger partial charge in [-0.2, -0.15) is 0 Å². The first-order valence-corrected chi connectivity index (χ1v) is 9.44. The van der Waals surface area contributed by atoms with Crippen LogP contribution in [-0.2, 0) is 10.0 Å². The van der Waals surface area contributed by atoms with Crippen LogP contribution in [0.3, 0.4) is 0 Å². The summed E-state index contributed by atoms with van der Waals surface area (Å²) in [6.45, 7) is 3.62. The zero-order chi connectivity index (χ0) is 18.1. The standard InChI is InChI=1S/C17H19ClN2O3S/c1-11-10-14(18)6-7-15(11)19-17(21)13-5-8-16(12(2)9-13)20(3)24(4,22)23/h5-10H,1-4H3,(H,19,21). The summed E-state index contributed by atoms with van der Waals surface area (Å²) in [4.78, 5) is 12.4. The molecule has 0 aliphatic heterocycles. The van der Waals surface area contributed by atoms with Gasteiger partial charge in [-0.25, -0.2) is 8.42 Å². The topological polar surface area (TPSA) is 66.5 Å². The second-order valence-corrected chi connectivity index (χ2v) is 8.10. The van der Waals surface area contributed by atoms with Crippen molar-refractivity contribution in [2.45, 2.75) is 13.8 Å². The van der Waals surface area contributed by atoms with Crippen LogP contribution >= 0.6 is 11.6 Å². The number of anilines is 2. The Morgan fingerprint density at radius 3 is 2.29 bits per heavy atom. The second kappa shape index (κ2) is 6.83. The van der Waals surface area contributed by atoms with Crippen molar-refractivity contribution in [1.82, 2.24) is 0 Å². The Hall–Kier alpha value is -2.05. The van der Waals surface area contributed by atoms with Gasteiger partial charge in [0.1, 0.15) is 0 Å². The molecule has 0 heterocycles. The molecule has 0 radical (unpaired) electrons. The maximum Gasteiger partial charge on any atom is 0.255 e. The van der Waals surface area contributed by atoms with Crippen molar-refractivity contribution in [3.05, 3.63) is 58.1 Å². The Kier molecular flexibility index (Phi) is 5.20. The maximum atomic E-state index is 12.4. The molecule has 0 unspecified atom stereocenters. The first-order chi connectivity index (χ1) is 11.1. The Morgan fingerprint density at radius 2 is 1.75 bits per heavy atom. The van der Waals surface area contributed by atoms with Crippen molar-refractivity contribution >= 4 is 38.9 Å². The summed E-state index contributed by atoms with van der Waals surface area (Å²) in [5.41, 5.74) is 3.23. The van der Waals surface area contributed by atoms with Gasteiger partial charge in [-0.15, -0.1) is 0 Å². The third-order valence-electron chi connectivity index (χ3n) is 3.73. The lowest BCUT2D eigenvalue weighted by Crippen LogP contribution is -2.25. The zero-order valence-corrected chi connectivity index (χ0v) is 15.5. The quantitative estimate of drug-likeness (QED) is 0.898. The molecule has 2 aromatic rings. The van der Waals surface area contributed by atoms with E-state index in [0.29, 0.717) is 27.5 Å². The highest BCUT2D eigenvalue weighted by atomic mass is 35.5. The van der Waals surface area contributed by atoms with Crippen molar-refractivity contribution in [2.75, 3.05) is 22.9 Å². The summed E-state index contributed by atoms with van der Waals surface area (Å²) in [7, 11) is -1.87. The summed E-state index contributed by atoms with van der Waals surface area (Å²) in [5.74, 6) is -0.267. The molecule has 0 atom stereocenters. The van der Waals surface area contributed by atoms with Crippen molar-refractivity contribution in [2.24, 2.45) is 0 Å². The highest BCUT2D eigenvalue weighted by Gasteiger charge is 2.16. The fourth-order valence-electron chi connectivity index (χ4n) is 2.29. The summed E-state index contributed by atoms with van der Waals surface area (Å²) < 4.78 is 24.5. The van der Waals surface area contributed by atoms with Gasteiger partial charge in [0.05, 0.1) is 11.9 Å². The van der Waals surface area contributed by atoms with E-state index >= 15 is 0 Å². The minimum Gasteiger partial charge on any atom is -0.322 e. The molecule has 24 heavy (non-hydrogen) atoms. The number of amides is 1. The second-order valence-electron chi connectivity index (χ2n) is 5.65. The van der Waals surface area contributed by atoms with E-state index in [0.717, 1.165) is 11.8 Å². The van der Waals surface area contributed by atoms with Crippen LogP contribution < -0.4 is 9.62 Å². The molecular formula is C17H19ClN2O3S. The molecule has 2 rings (SSSR count). The smallest absolute Gasteiger partial charge is 0.255 e. The number of halogens is 1. The third-order valence-corrected chi connectivity index (χ3v) is 5.16. The Balaban J connectivity index is 2.27. The largest absolute Gasteiger partial charge is 0.322 e. The third kappa shape index (κ3) is 4.07. The van der Waals surface area contributed by atoms with Gasteiger partial charge in [0.15, 0.2) is 0 Å². The number of benzene rings is 2. The number of hydrogen-bond donors (Lipinski definition) is 1. The van der Waals surface area contributed by atoms with Gasteiger partial charge in [-0.3, -0.25) is 9.10 Å². The number of rotatable bonds is 4. The number of carbonyl (C=O) groups excluding carboxylic acids is 1. The molecule has 0 aliphatic carbocycles. The van der Waals surface area contributed by atoms with E-state index < -0.39 is 10.0 Å². The van der Waals surface area contributed by atoms with Crippen molar-refractivity contribution in [3.8, 4) is 0 Å². The molecule has 0 bridgehead atoms. The van der Waals surface area contributed by atoms with E-state index in [9.17, 15) is 13.2 Å². The van der Waals surface area contributed by atoms with Crippen LogP contribution in [-0.4, -0.2) is 27.6 Å². The van der Waals surface area contributed by atoms with Gasteiger partial charge < -0.3 is 5.32 Å². The predicted molar refractivity (Wildman–Crippen MR) is 98.6 cm³/mol. The van der Waals surface area contributed by atoms with Crippen molar-refractivity contribution in [1.29, 1.82) is 0 Å². The number of aryl methyl sites for hydroxylation is 2. The average molecular weight is 367 g/mol. The van der Waals surface area contributed by atoms with Crippen LogP contribution in [0.4, 0.5) is 11.4 Å². The van der Waals surface area contributed by atoms with Gasteiger partial charge in [0.25, 0.3) is 5.91 Å². The maximum absolute atomic E-state index is 12.4. The number of hydrogen-bond acceptors (Lipinski definition) is 3. The van der Waals surface area contributed by atoms with Crippen LogP contribution in [0.25, 0.3) is 0 Å². The number of nitrogens with zero attached hydrogens (tertiary/aromatic N) is 1. The monoisotopic (exact) mass is 366 g/mol. The van der Waals surface area contributed by atoms with Crippen LogP contribution in [0.2, 0.25) is 5.02 Å². The summed E-state index contributed by atoms with van der Waals surface area (Å²) in [6, 6.07) is 10.1. The number of carbonyl (C=O) groups is 1. The SMILES string of the molecule is Cc1cc(Cl)ccc1NC(=O)c1ccc(N(C)S(C)(=O)=O)c(C)c1. The molecule has 128 valence electrons. The first kappa shape index (κ1) is 18.3. The molecule has 7 heteroatoms. The molecule has 0 fully saturated rings. The zero-order valence-electron chi connectivity index (χ0n) is 13.9. The first-order valence-electron chi connectivity index (χ1n) is 7.21. The number of nitrogens with one attached hydrogen (secondary N) is 1. The van der Waals surface area contributed by atoms with E-state index in [4.69, 9.17) is 11.6 Å². The molecule has 0 spiro atoms. The van der Waals surface area contributed by atoms with E-state index in [1.54, 1.807) is 43.3 Å². The van der Waals surface area contributed by atoms with Crippen LogP contribution in [0.1, 0.15) is 21.5 Å². The molecule has 0 aliphatic rings. The van der Waals surface area contributed by atoms with Crippen molar-refractivity contribution < 1.29 is 13.2 Å². The predicted octanol–water partition coefficient (Wildman–Crippen LogP) is 3.60. The van der Waals surface area contributed by atoms with E-state index in [1.807, 2.05) is 6.92 Å². The molecule has 0 saturated heterocycles. The minimum absolute atomic E-state index is 0.267. The molecule has 1 amide bonds. The highest BCUT2D eigenvalue weighted by Crippen LogP contribution is 2.24. The Morgan fingerprint density at radius 1 is 1.08 bits per heavy atom. The Bertz CT molecular complexity index is 895. The van der Waals surface area contributed by atoms with Crippen LogP contribution in [0.15, 0.2) is 36.4 Å². The van der Waals surface area contributed by atoms with Gasteiger partial charge in [-0.1, -0.05) is 11.6 Å². The fraction of sp³-hybridized carbons (Fsp3) is 0.235. The molecular weight excluding hydrogens is 348 g/mol. The highest BCUT2D eigenvalue weighted by molar-refractivity contribution is 7.92. The molecule has 0 saturated carbocycles. The molecule has 1 N–H and O–H groups in total. The average Bonchev–Trinajstić information content (AvgIpc) is 2.48.